The lowest BCUT2D eigenvalue weighted by Crippen LogP contribution is -2.05. The number of hydrogen-bond acceptors (Lipinski definition) is 4. The molecule has 0 bridgehead atoms. The summed E-state index contributed by atoms with van der Waals surface area (Å²) in [7, 11) is -3.44. The molecular weight excluding hydrogens is 379 g/mol. The number of hydrogen-bond donors (Lipinski definition) is 0. The van der Waals surface area contributed by atoms with E-state index in [1.54, 1.807) is 42.5 Å². The first-order valence-corrected chi connectivity index (χ1v) is 9.34. The van der Waals surface area contributed by atoms with Gasteiger partial charge in [0.2, 0.25) is 0 Å². The Morgan fingerprint density at radius 1 is 0.870 bits per heavy atom. The lowest BCUT2D eigenvalue weighted by atomic mass is 10.2. The third kappa shape index (κ3) is 4.54. The Hall–Kier alpha value is -1.40. The van der Waals surface area contributed by atoms with Crippen molar-refractivity contribution in [2.24, 2.45) is 10.2 Å². The molecule has 0 aromatic heterocycles. The van der Waals surface area contributed by atoms with Crippen LogP contribution in [0.5, 0.6) is 0 Å². The summed E-state index contributed by atoms with van der Waals surface area (Å²) in [5.74, 6) is 0. The summed E-state index contributed by atoms with van der Waals surface area (Å²) >= 11 is 18.1. The average Bonchev–Trinajstić information content (AvgIpc) is 2.52. The molecular formula is C15H11Cl3N2O2S. The number of benzene rings is 2. The van der Waals surface area contributed by atoms with Gasteiger partial charge < -0.3 is 0 Å². The summed E-state index contributed by atoms with van der Waals surface area (Å²) in [6.45, 7) is 0. The second-order valence-electron chi connectivity index (χ2n) is 4.53. The predicted molar refractivity (Wildman–Crippen MR) is 95.8 cm³/mol. The maximum Gasteiger partial charge on any atom is 0.176 e. The minimum Gasteiger partial charge on any atom is -0.224 e. The number of halogens is 3. The maximum atomic E-state index is 11.8. The number of rotatable bonds is 4. The fourth-order valence-corrected chi connectivity index (χ4v) is 3.41. The molecule has 8 heteroatoms. The van der Waals surface area contributed by atoms with E-state index in [0.717, 1.165) is 6.26 Å². The molecule has 0 aliphatic carbocycles. The monoisotopic (exact) mass is 388 g/mol. The van der Waals surface area contributed by atoms with Crippen molar-refractivity contribution < 1.29 is 8.42 Å². The van der Waals surface area contributed by atoms with Crippen LogP contribution in [0, 0.1) is 0 Å². The number of nitrogens with zero attached hydrogens (tertiary/aromatic N) is 2. The standard InChI is InChI=1S/C15H11Cl3N2O2S/c1-23(21,22)13-9-5-3-7-11(13)15(18)20-19-14(17)10-6-2-4-8-12(10)16/h2-9H,1H3/b19-14-,20-15-. The molecule has 0 N–H and O–H groups in total. The third-order valence-electron chi connectivity index (χ3n) is 2.83. The minimum absolute atomic E-state index is 0.0468. The fraction of sp³-hybridized carbons (Fsp3) is 0.0667. The summed E-state index contributed by atoms with van der Waals surface area (Å²) < 4.78 is 23.5. The van der Waals surface area contributed by atoms with Crippen molar-refractivity contribution in [1.82, 2.24) is 0 Å². The van der Waals surface area contributed by atoms with Gasteiger partial charge in [-0.1, -0.05) is 71.2 Å². The Bertz CT molecular complexity index is 893. The molecule has 0 radical (unpaired) electrons. The highest BCUT2D eigenvalue weighted by molar-refractivity contribution is 7.90. The van der Waals surface area contributed by atoms with E-state index in [9.17, 15) is 8.42 Å². The van der Waals surface area contributed by atoms with Gasteiger partial charge in [-0.05, 0) is 12.1 Å². The average molecular weight is 390 g/mol. The van der Waals surface area contributed by atoms with Crippen LogP contribution in [0.4, 0.5) is 0 Å². The Labute approximate surface area is 149 Å². The van der Waals surface area contributed by atoms with Gasteiger partial charge in [0.05, 0.1) is 9.92 Å². The van der Waals surface area contributed by atoms with Crippen LogP contribution in [0.25, 0.3) is 0 Å². The van der Waals surface area contributed by atoms with Crippen molar-refractivity contribution in [2.45, 2.75) is 4.90 Å². The molecule has 2 rings (SSSR count). The molecule has 120 valence electrons. The van der Waals surface area contributed by atoms with Gasteiger partial charge in [0.25, 0.3) is 0 Å². The summed E-state index contributed by atoms with van der Waals surface area (Å²) in [5.41, 5.74) is 0.754. The van der Waals surface area contributed by atoms with Gasteiger partial charge >= 0.3 is 0 Å². The van der Waals surface area contributed by atoms with Crippen molar-refractivity contribution in [2.75, 3.05) is 6.26 Å². The Morgan fingerprint density at radius 2 is 1.35 bits per heavy atom. The van der Waals surface area contributed by atoms with E-state index in [-0.39, 0.29) is 20.8 Å². The molecule has 0 heterocycles. The third-order valence-corrected chi connectivity index (χ3v) is 4.87. The summed E-state index contributed by atoms with van der Waals surface area (Å²) in [5, 5.41) is 8.00. The molecule has 23 heavy (non-hydrogen) atoms. The molecule has 0 unspecified atom stereocenters. The normalized spacial score (nSPS) is 13.2. The lowest BCUT2D eigenvalue weighted by molar-refractivity contribution is 0.602. The van der Waals surface area contributed by atoms with E-state index < -0.39 is 9.84 Å². The first-order chi connectivity index (χ1) is 10.8. The zero-order valence-electron chi connectivity index (χ0n) is 11.9. The van der Waals surface area contributed by atoms with Crippen LogP contribution in [0.2, 0.25) is 5.02 Å². The lowest BCUT2D eigenvalue weighted by Gasteiger charge is -2.05. The highest BCUT2D eigenvalue weighted by Crippen LogP contribution is 2.20. The van der Waals surface area contributed by atoms with Crippen LogP contribution in [-0.2, 0) is 9.84 Å². The quantitative estimate of drug-likeness (QED) is 0.577. The van der Waals surface area contributed by atoms with Crippen molar-refractivity contribution in [3.8, 4) is 0 Å². The van der Waals surface area contributed by atoms with Gasteiger partial charge in [-0.15, -0.1) is 10.2 Å². The van der Waals surface area contributed by atoms with E-state index in [1.807, 2.05) is 0 Å². The van der Waals surface area contributed by atoms with Gasteiger partial charge in [-0.3, -0.25) is 0 Å². The molecule has 0 fully saturated rings. The van der Waals surface area contributed by atoms with Crippen LogP contribution in [0.15, 0.2) is 63.6 Å². The smallest absolute Gasteiger partial charge is 0.176 e. The second kappa shape index (κ2) is 7.45. The van der Waals surface area contributed by atoms with Crippen molar-refractivity contribution in [3.63, 3.8) is 0 Å². The van der Waals surface area contributed by atoms with E-state index in [4.69, 9.17) is 34.8 Å². The van der Waals surface area contributed by atoms with Gasteiger partial charge in [-0.25, -0.2) is 8.42 Å². The highest BCUT2D eigenvalue weighted by Gasteiger charge is 2.15. The SMILES string of the molecule is CS(=O)(=O)c1ccccc1/C(Cl)=N/N=C(\Cl)c1ccccc1Cl. The van der Waals surface area contributed by atoms with Crippen LogP contribution in [0.1, 0.15) is 11.1 Å². The van der Waals surface area contributed by atoms with Crippen LogP contribution >= 0.6 is 34.8 Å². The highest BCUT2D eigenvalue weighted by atomic mass is 35.5. The first-order valence-electron chi connectivity index (χ1n) is 6.31. The molecule has 0 saturated heterocycles. The molecule has 4 nitrogen and oxygen atoms in total. The summed E-state index contributed by atoms with van der Waals surface area (Å²) in [6, 6.07) is 13.1. The molecule has 0 amide bonds. The maximum absolute atomic E-state index is 11.8. The van der Waals surface area contributed by atoms with E-state index in [2.05, 4.69) is 10.2 Å². The zero-order valence-corrected chi connectivity index (χ0v) is 15.0. The second-order valence-corrected chi connectivity index (χ2v) is 7.64. The van der Waals surface area contributed by atoms with Crippen LogP contribution in [-0.4, -0.2) is 25.0 Å². The van der Waals surface area contributed by atoms with Gasteiger partial charge in [0.15, 0.2) is 20.2 Å². The molecule has 0 aliphatic heterocycles. The van der Waals surface area contributed by atoms with Gasteiger partial charge in [0.1, 0.15) is 0 Å². The van der Waals surface area contributed by atoms with Gasteiger partial charge in [-0.2, -0.15) is 0 Å². The van der Waals surface area contributed by atoms with Gasteiger partial charge in [0, 0.05) is 17.4 Å². The molecule has 0 atom stereocenters. The molecule has 0 aliphatic rings. The topological polar surface area (TPSA) is 58.9 Å². The van der Waals surface area contributed by atoms with Crippen LogP contribution < -0.4 is 0 Å². The van der Waals surface area contributed by atoms with E-state index in [1.165, 1.54) is 6.07 Å². The summed E-state index contributed by atoms with van der Waals surface area (Å²) in [4.78, 5) is 0.0674. The largest absolute Gasteiger partial charge is 0.224 e. The van der Waals surface area contributed by atoms with E-state index in [0.29, 0.717) is 10.6 Å². The Balaban J connectivity index is 2.42. The van der Waals surface area contributed by atoms with E-state index >= 15 is 0 Å². The molecule has 2 aromatic carbocycles. The molecule has 0 spiro atoms. The first kappa shape index (κ1) is 17.9. The fourth-order valence-electron chi connectivity index (χ4n) is 1.78. The van der Waals surface area contributed by atoms with Crippen molar-refractivity contribution >= 4 is 55.0 Å². The Kier molecular flexibility index (Phi) is 5.81. The van der Waals surface area contributed by atoms with Crippen molar-refractivity contribution in [1.29, 1.82) is 0 Å². The molecule has 0 saturated carbocycles. The minimum atomic E-state index is -3.44. The zero-order chi connectivity index (χ0) is 17.0. The Morgan fingerprint density at radius 3 is 1.91 bits per heavy atom. The van der Waals surface area contributed by atoms with Crippen LogP contribution in [0.3, 0.4) is 0 Å². The predicted octanol–water partition coefficient (Wildman–Crippen LogP) is 4.33. The summed E-state index contributed by atoms with van der Waals surface area (Å²) in [6.07, 6.45) is 1.09. The van der Waals surface area contributed by atoms with Crippen molar-refractivity contribution in [3.05, 3.63) is 64.7 Å². The molecule has 2 aromatic rings. The number of sulfone groups is 1.